The zero-order valence-corrected chi connectivity index (χ0v) is 13.0. The topological polar surface area (TPSA) is 64.4 Å². The summed E-state index contributed by atoms with van der Waals surface area (Å²) in [5.41, 5.74) is 1.31. The number of carboxylic acid groups (broad SMARTS) is 1. The van der Waals surface area contributed by atoms with Crippen molar-refractivity contribution in [3.63, 3.8) is 0 Å². The monoisotopic (exact) mass is 290 g/mol. The van der Waals surface area contributed by atoms with Crippen LogP contribution in [0, 0.1) is 0 Å². The fraction of sp³-hybridized carbons (Fsp3) is 0.500. The zero-order valence-electron chi connectivity index (χ0n) is 13.0. The van der Waals surface area contributed by atoms with E-state index in [1.807, 2.05) is 33.8 Å². The highest BCUT2D eigenvalue weighted by Crippen LogP contribution is 2.24. The third kappa shape index (κ3) is 3.08. The van der Waals surface area contributed by atoms with Crippen LogP contribution in [0.2, 0.25) is 0 Å². The van der Waals surface area contributed by atoms with Gasteiger partial charge in [-0.25, -0.2) is 9.78 Å². The van der Waals surface area contributed by atoms with Crippen LogP contribution < -0.4 is 0 Å². The smallest absolute Gasteiger partial charge is 0.337 e. The van der Waals surface area contributed by atoms with Gasteiger partial charge in [-0.15, -0.1) is 0 Å². The van der Waals surface area contributed by atoms with E-state index in [1.54, 1.807) is 12.1 Å². The maximum Gasteiger partial charge on any atom is 0.337 e. The second-order valence-corrected chi connectivity index (χ2v) is 5.64. The van der Waals surface area contributed by atoms with Gasteiger partial charge in [-0.2, -0.15) is 0 Å². The van der Waals surface area contributed by atoms with Crippen molar-refractivity contribution in [1.29, 1.82) is 0 Å². The molecule has 1 N–H and O–H groups in total. The summed E-state index contributed by atoms with van der Waals surface area (Å²) >= 11 is 0. The molecule has 2 rings (SSSR count). The number of hydrogen-bond donors (Lipinski definition) is 1. The Hall–Kier alpha value is -1.88. The summed E-state index contributed by atoms with van der Waals surface area (Å²) in [5.74, 6) is -0.0663. The maximum atomic E-state index is 11.3. The van der Waals surface area contributed by atoms with Gasteiger partial charge in [0.05, 0.1) is 23.2 Å². The van der Waals surface area contributed by atoms with Crippen LogP contribution in [0.1, 0.15) is 43.9 Å². The number of aromatic nitrogens is 2. The predicted molar refractivity (Wildman–Crippen MR) is 81.8 cm³/mol. The molecule has 5 nitrogen and oxygen atoms in total. The summed E-state index contributed by atoms with van der Waals surface area (Å²) in [4.78, 5) is 15.9. The molecule has 114 valence electrons. The molecule has 0 fully saturated rings. The van der Waals surface area contributed by atoms with E-state index in [1.165, 1.54) is 0 Å². The molecule has 1 aromatic carbocycles. The van der Waals surface area contributed by atoms with Gasteiger partial charge in [-0.05, 0) is 32.9 Å². The Kier molecular flexibility index (Phi) is 4.32. The molecule has 2 aromatic rings. The van der Waals surface area contributed by atoms with Crippen LogP contribution in [0.15, 0.2) is 18.2 Å². The quantitative estimate of drug-likeness (QED) is 0.887. The molecule has 0 radical (unpaired) electrons. The zero-order chi connectivity index (χ0) is 15.6. The molecule has 21 heavy (non-hydrogen) atoms. The minimum atomic E-state index is -0.947. The van der Waals surface area contributed by atoms with E-state index in [-0.39, 0.29) is 11.2 Å². The van der Waals surface area contributed by atoms with Gasteiger partial charge in [0.1, 0.15) is 11.3 Å². The molecule has 0 unspecified atom stereocenters. The number of rotatable bonds is 6. The van der Waals surface area contributed by atoms with Crippen LogP contribution in [0.25, 0.3) is 11.0 Å². The Morgan fingerprint density at radius 1 is 1.38 bits per heavy atom. The van der Waals surface area contributed by atoms with Crippen molar-refractivity contribution in [2.45, 2.75) is 46.3 Å². The molecule has 0 saturated heterocycles. The molecule has 1 heterocycles. The number of aromatic carboxylic acids is 1. The van der Waals surface area contributed by atoms with E-state index in [0.717, 1.165) is 17.8 Å². The van der Waals surface area contributed by atoms with Crippen LogP contribution in [0.4, 0.5) is 0 Å². The van der Waals surface area contributed by atoms with Crippen molar-refractivity contribution in [3.05, 3.63) is 29.6 Å². The van der Waals surface area contributed by atoms with E-state index >= 15 is 0 Å². The number of nitrogens with zero attached hydrogens (tertiary/aromatic N) is 2. The lowest BCUT2D eigenvalue weighted by atomic mass is 10.1. The summed E-state index contributed by atoms with van der Waals surface area (Å²) in [6.07, 6.45) is 0.746. The first-order valence-electron chi connectivity index (χ1n) is 7.25. The number of carboxylic acids is 1. The lowest BCUT2D eigenvalue weighted by Gasteiger charge is -2.26. The fourth-order valence-corrected chi connectivity index (χ4v) is 2.63. The minimum Gasteiger partial charge on any atom is -0.478 e. The van der Waals surface area contributed by atoms with Crippen LogP contribution in [-0.2, 0) is 17.7 Å². The number of benzene rings is 1. The molecule has 0 aliphatic rings. The molecule has 0 aliphatic carbocycles. The summed E-state index contributed by atoms with van der Waals surface area (Å²) in [7, 11) is 0. The van der Waals surface area contributed by atoms with Crippen molar-refractivity contribution < 1.29 is 14.6 Å². The highest BCUT2D eigenvalue weighted by Gasteiger charge is 2.23. The van der Waals surface area contributed by atoms with Crippen LogP contribution in [0.3, 0.4) is 0 Å². The Morgan fingerprint density at radius 3 is 2.67 bits per heavy atom. The van der Waals surface area contributed by atoms with Gasteiger partial charge in [0.15, 0.2) is 0 Å². The maximum absolute atomic E-state index is 11.3. The molecule has 0 saturated carbocycles. The molecule has 0 atom stereocenters. The number of aryl methyl sites for hydroxylation is 1. The summed E-state index contributed by atoms with van der Waals surface area (Å²) < 4.78 is 7.83. The van der Waals surface area contributed by atoms with Gasteiger partial charge in [0, 0.05) is 13.0 Å². The number of fused-ring (bicyclic) bond motifs is 1. The first kappa shape index (κ1) is 15.5. The van der Waals surface area contributed by atoms with Crippen LogP contribution in [0.5, 0.6) is 0 Å². The highest BCUT2D eigenvalue weighted by atomic mass is 16.5. The van der Waals surface area contributed by atoms with Crippen LogP contribution in [-0.4, -0.2) is 32.8 Å². The summed E-state index contributed by atoms with van der Waals surface area (Å²) in [6, 6.07) is 5.27. The van der Waals surface area contributed by atoms with E-state index < -0.39 is 5.97 Å². The third-order valence-electron chi connectivity index (χ3n) is 3.48. The van der Waals surface area contributed by atoms with Crippen molar-refractivity contribution in [2.75, 3.05) is 6.61 Å². The molecule has 0 spiro atoms. The predicted octanol–water partition coefficient (Wildman–Crippen LogP) is 3.11. The van der Waals surface area contributed by atoms with Gasteiger partial charge in [-0.1, -0.05) is 13.0 Å². The first-order chi connectivity index (χ1) is 9.89. The van der Waals surface area contributed by atoms with Gasteiger partial charge < -0.3 is 14.4 Å². The average Bonchev–Trinajstić information content (AvgIpc) is 2.75. The second-order valence-electron chi connectivity index (χ2n) is 5.64. The largest absolute Gasteiger partial charge is 0.478 e. The van der Waals surface area contributed by atoms with Gasteiger partial charge >= 0.3 is 5.97 Å². The third-order valence-corrected chi connectivity index (χ3v) is 3.48. The lowest BCUT2D eigenvalue weighted by Crippen LogP contribution is -2.31. The molecule has 5 heteroatoms. The number of ether oxygens (including phenoxy) is 1. The fourth-order valence-electron chi connectivity index (χ4n) is 2.63. The van der Waals surface area contributed by atoms with Crippen molar-refractivity contribution in [2.24, 2.45) is 0 Å². The second kappa shape index (κ2) is 5.85. The minimum absolute atomic E-state index is 0.246. The van der Waals surface area contributed by atoms with Gasteiger partial charge in [0.25, 0.3) is 0 Å². The number of carbonyl (C=O) groups is 1. The highest BCUT2D eigenvalue weighted by molar-refractivity contribution is 6.01. The van der Waals surface area contributed by atoms with Crippen molar-refractivity contribution >= 4 is 17.0 Å². The normalized spacial score (nSPS) is 12.0. The van der Waals surface area contributed by atoms with Gasteiger partial charge in [-0.3, -0.25) is 0 Å². The van der Waals surface area contributed by atoms with E-state index in [0.29, 0.717) is 18.7 Å². The first-order valence-corrected chi connectivity index (χ1v) is 7.25. The van der Waals surface area contributed by atoms with E-state index in [2.05, 4.69) is 9.55 Å². The Bertz CT molecular complexity index is 659. The number of imidazole rings is 1. The van der Waals surface area contributed by atoms with Crippen LogP contribution >= 0.6 is 0 Å². The van der Waals surface area contributed by atoms with Gasteiger partial charge in [0.2, 0.25) is 0 Å². The molecular formula is C16H22N2O3. The molecular weight excluding hydrogens is 268 g/mol. The molecule has 0 amide bonds. The van der Waals surface area contributed by atoms with E-state index in [9.17, 15) is 9.90 Å². The van der Waals surface area contributed by atoms with Crippen molar-refractivity contribution in [1.82, 2.24) is 9.55 Å². The van der Waals surface area contributed by atoms with Crippen molar-refractivity contribution in [3.8, 4) is 0 Å². The molecule has 0 bridgehead atoms. The standard InChI is InChI=1S/C16H22N2O3/c1-5-13-17-14-11(15(19)20)8-7-9-12(14)18(13)10-16(3,4)21-6-2/h7-9H,5-6,10H2,1-4H3,(H,19,20). The van der Waals surface area contributed by atoms with E-state index in [4.69, 9.17) is 4.74 Å². The Morgan fingerprint density at radius 2 is 2.10 bits per heavy atom. The number of hydrogen-bond acceptors (Lipinski definition) is 3. The summed E-state index contributed by atoms with van der Waals surface area (Å²) in [6.45, 7) is 9.33. The molecule has 0 aliphatic heterocycles. The lowest BCUT2D eigenvalue weighted by molar-refractivity contribution is -0.0221. The summed E-state index contributed by atoms with van der Waals surface area (Å²) in [5, 5.41) is 9.30. The Labute approximate surface area is 124 Å². The molecule has 1 aromatic heterocycles. The number of para-hydroxylation sites is 1. The Balaban J connectivity index is 2.57. The SMILES string of the molecule is CCOC(C)(C)Cn1c(CC)nc2c(C(=O)O)cccc21. The average molecular weight is 290 g/mol.